The van der Waals surface area contributed by atoms with Crippen molar-refractivity contribution in [2.75, 3.05) is 19.6 Å². The SMILES string of the molecule is O=C(c1ccc(Cl)c(Cl)c1)N1CCC(CNCc2cccc(F)n2)CC1. The van der Waals surface area contributed by atoms with Crippen molar-refractivity contribution in [3.63, 3.8) is 0 Å². The number of hydrogen-bond donors (Lipinski definition) is 1. The summed E-state index contributed by atoms with van der Waals surface area (Å²) in [5, 5.41) is 4.16. The Bertz CT molecular complexity index is 779. The van der Waals surface area contributed by atoms with E-state index in [0.29, 0.717) is 46.9 Å². The van der Waals surface area contributed by atoms with Gasteiger partial charge in [0.15, 0.2) is 0 Å². The number of likely N-dealkylation sites (tertiary alicyclic amines) is 1. The standard InChI is InChI=1S/C19H20Cl2FN3O/c20-16-5-4-14(10-17(16)21)19(26)25-8-6-13(7-9-25)11-23-12-15-2-1-3-18(22)24-15/h1-5,10,13,23H,6-9,11-12H2. The Balaban J connectivity index is 1.45. The highest BCUT2D eigenvalue weighted by Gasteiger charge is 2.23. The molecule has 2 aromatic rings. The number of piperidine rings is 1. The summed E-state index contributed by atoms with van der Waals surface area (Å²) >= 11 is 11.9. The Labute approximate surface area is 162 Å². The Kier molecular flexibility index (Phi) is 6.46. The fourth-order valence-corrected chi connectivity index (χ4v) is 3.40. The van der Waals surface area contributed by atoms with Gasteiger partial charge in [-0.25, -0.2) is 4.98 Å². The first-order valence-corrected chi connectivity index (χ1v) is 9.35. The fraction of sp³-hybridized carbons (Fsp3) is 0.368. The average molecular weight is 396 g/mol. The molecule has 3 rings (SSSR count). The molecule has 1 fully saturated rings. The van der Waals surface area contributed by atoms with Gasteiger partial charge in [0.1, 0.15) is 0 Å². The van der Waals surface area contributed by atoms with E-state index >= 15 is 0 Å². The molecule has 1 N–H and O–H groups in total. The molecule has 138 valence electrons. The lowest BCUT2D eigenvalue weighted by atomic mass is 9.96. The normalized spacial score (nSPS) is 15.3. The van der Waals surface area contributed by atoms with Gasteiger partial charge < -0.3 is 10.2 Å². The van der Waals surface area contributed by atoms with Gasteiger partial charge in [0.2, 0.25) is 5.95 Å². The second-order valence-corrected chi connectivity index (χ2v) is 7.26. The van der Waals surface area contributed by atoms with E-state index in [4.69, 9.17) is 23.2 Å². The van der Waals surface area contributed by atoms with E-state index in [9.17, 15) is 9.18 Å². The van der Waals surface area contributed by atoms with Crippen LogP contribution in [0.15, 0.2) is 36.4 Å². The van der Waals surface area contributed by atoms with Crippen LogP contribution in [0.3, 0.4) is 0 Å². The Morgan fingerprint density at radius 1 is 1.19 bits per heavy atom. The van der Waals surface area contributed by atoms with E-state index in [1.165, 1.54) is 6.07 Å². The molecule has 7 heteroatoms. The maximum atomic E-state index is 13.1. The molecule has 1 aliphatic rings. The van der Waals surface area contributed by atoms with Gasteiger partial charge in [0, 0.05) is 25.2 Å². The third kappa shape index (κ3) is 4.93. The summed E-state index contributed by atoms with van der Waals surface area (Å²) in [6.07, 6.45) is 1.85. The third-order valence-corrected chi connectivity index (χ3v) is 5.32. The second-order valence-electron chi connectivity index (χ2n) is 6.45. The number of benzene rings is 1. The van der Waals surface area contributed by atoms with Crippen LogP contribution in [0.4, 0.5) is 4.39 Å². The molecule has 1 saturated heterocycles. The van der Waals surface area contributed by atoms with E-state index in [1.807, 2.05) is 4.90 Å². The van der Waals surface area contributed by atoms with Crippen LogP contribution in [0.1, 0.15) is 28.9 Å². The summed E-state index contributed by atoms with van der Waals surface area (Å²) in [5.74, 6) is 0.0128. The van der Waals surface area contributed by atoms with Crippen molar-refractivity contribution < 1.29 is 9.18 Å². The van der Waals surface area contributed by atoms with Crippen molar-refractivity contribution in [2.24, 2.45) is 5.92 Å². The first-order valence-electron chi connectivity index (χ1n) is 8.59. The Hall–Kier alpha value is -1.69. The molecule has 4 nitrogen and oxygen atoms in total. The molecule has 1 aliphatic heterocycles. The predicted octanol–water partition coefficient (Wildman–Crippen LogP) is 4.17. The molecule has 0 unspecified atom stereocenters. The van der Waals surface area contributed by atoms with Gasteiger partial charge in [0.05, 0.1) is 15.7 Å². The Morgan fingerprint density at radius 3 is 2.65 bits per heavy atom. The molecule has 0 atom stereocenters. The number of amides is 1. The minimum Gasteiger partial charge on any atom is -0.339 e. The second kappa shape index (κ2) is 8.80. The smallest absolute Gasteiger partial charge is 0.253 e. The lowest BCUT2D eigenvalue weighted by Crippen LogP contribution is -2.40. The van der Waals surface area contributed by atoms with Gasteiger partial charge in [-0.05, 0) is 55.6 Å². The van der Waals surface area contributed by atoms with Crippen molar-refractivity contribution in [3.8, 4) is 0 Å². The summed E-state index contributed by atoms with van der Waals surface area (Å²) in [4.78, 5) is 18.3. The highest BCUT2D eigenvalue weighted by atomic mass is 35.5. The van der Waals surface area contributed by atoms with E-state index in [2.05, 4.69) is 10.3 Å². The number of carbonyl (C=O) groups excluding carboxylic acids is 1. The zero-order chi connectivity index (χ0) is 18.5. The van der Waals surface area contributed by atoms with Crippen LogP contribution >= 0.6 is 23.2 Å². The first-order chi connectivity index (χ1) is 12.5. The molecule has 1 aromatic carbocycles. The van der Waals surface area contributed by atoms with Crippen LogP contribution in [-0.4, -0.2) is 35.4 Å². The molecule has 0 saturated carbocycles. The highest BCUT2D eigenvalue weighted by Crippen LogP contribution is 2.24. The van der Waals surface area contributed by atoms with Crippen LogP contribution in [0.25, 0.3) is 0 Å². The lowest BCUT2D eigenvalue weighted by molar-refractivity contribution is 0.0690. The lowest BCUT2D eigenvalue weighted by Gasteiger charge is -2.32. The molecule has 1 amide bonds. The van der Waals surface area contributed by atoms with Crippen molar-refractivity contribution in [1.29, 1.82) is 0 Å². The number of nitrogens with one attached hydrogen (secondary N) is 1. The van der Waals surface area contributed by atoms with Crippen LogP contribution in [-0.2, 0) is 6.54 Å². The van der Waals surface area contributed by atoms with Crippen LogP contribution in [0, 0.1) is 11.9 Å². The van der Waals surface area contributed by atoms with Crippen molar-refractivity contribution >= 4 is 29.1 Å². The zero-order valence-electron chi connectivity index (χ0n) is 14.2. The average Bonchev–Trinajstić information content (AvgIpc) is 2.64. The first kappa shape index (κ1) is 19.1. The monoisotopic (exact) mass is 395 g/mol. The fourth-order valence-electron chi connectivity index (χ4n) is 3.11. The summed E-state index contributed by atoms with van der Waals surface area (Å²) in [6, 6.07) is 9.77. The summed E-state index contributed by atoms with van der Waals surface area (Å²) in [6.45, 7) is 2.79. The topological polar surface area (TPSA) is 45.2 Å². The maximum Gasteiger partial charge on any atom is 0.253 e. The van der Waals surface area contributed by atoms with Crippen molar-refractivity contribution in [3.05, 3.63) is 63.6 Å². The molecule has 1 aromatic heterocycles. The van der Waals surface area contributed by atoms with Gasteiger partial charge in [0.25, 0.3) is 5.91 Å². The number of rotatable bonds is 5. The molecule has 0 aliphatic carbocycles. The van der Waals surface area contributed by atoms with E-state index in [1.54, 1.807) is 30.3 Å². The summed E-state index contributed by atoms with van der Waals surface area (Å²) < 4.78 is 13.1. The van der Waals surface area contributed by atoms with Gasteiger partial charge >= 0.3 is 0 Å². The number of hydrogen-bond acceptors (Lipinski definition) is 3. The number of nitrogens with zero attached hydrogens (tertiary/aromatic N) is 2. The number of aromatic nitrogens is 1. The van der Waals surface area contributed by atoms with Crippen molar-refractivity contribution in [1.82, 2.24) is 15.2 Å². The molecule has 0 radical (unpaired) electrons. The number of halogens is 3. The third-order valence-electron chi connectivity index (χ3n) is 4.58. The minimum absolute atomic E-state index is 0.0149. The molecule has 26 heavy (non-hydrogen) atoms. The molecule has 2 heterocycles. The van der Waals surface area contributed by atoms with E-state index < -0.39 is 5.95 Å². The molecule has 0 bridgehead atoms. The largest absolute Gasteiger partial charge is 0.339 e. The van der Waals surface area contributed by atoms with Gasteiger partial charge in [-0.3, -0.25) is 4.79 Å². The summed E-state index contributed by atoms with van der Waals surface area (Å²) in [7, 11) is 0. The van der Waals surface area contributed by atoms with E-state index in [-0.39, 0.29) is 5.91 Å². The maximum absolute atomic E-state index is 13.1. The van der Waals surface area contributed by atoms with Crippen LogP contribution in [0.2, 0.25) is 10.0 Å². The molecule has 0 spiro atoms. The van der Waals surface area contributed by atoms with Crippen LogP contribution in [0.5, 0.6) is 0 Å². The van der Waals surface area contributed by atoms with Gasteiger partial charge in [-0.1, -0.05) is 29.3 Å². The van der Waals surface area contributed by atoms with Crippen molar-refractivity contribution in [2.45, 2.75) is 19.4 Å². The molecular formula is C19H20Cl2FN3O. The number of pyridine rings is 1. The van der Waals surface area contributed by atoms with Gasteiger partial charge in [-0.15, -0.1) is 0 Å². The quantitative estimate of drug-likeness (QED) is 0.772. The predicted molar refractivity (Wildman–Crippen MR) is 101 cm³/mol. The highest BCUT2D eigenvalue weighted by molar-refractivity contribution is 6.42. The zero-order valence-corrected chi connectivity index (χ0v) is 15.7. The Morgan fingerprint density at radius 2 is 1.96 bits per heavy atom. The van der Waals surface area contributed by atoms with Gasteiger partial charge in [-0.2, -0.15) is 4.39 Å². The summed E-state index contributed by atoms with van der Waals surface area (Å²) in [5.41, 5.74) is 1.25. The minimum atomic E-state index is -0.460. The molecular weight excluding hydrogens is 376 g/mol. The van der Waals surface area contributed by atoms with E-state index in [0.717, 1.165) is 19.4 Å². The number of carbonyl (C=O) groups is 1. The van der Waals surface area contributed by atoms with Crippen LogP contribution < -0.4 is 5.32 Å².